The van der Waals surface area contributed by atoms with E-state index in [1.807, 2.05) is 19.2 Å². The van der Waals surface area contributed by atoms with E-state index in [4.69, 9.17) is 4.74 Å². The zero-order valence-corrected chi connectivity index (χ0v) is 13.3. The standard InChI is InChI=1S/C15H16BrNOS/c1-17-10-11-8-12(16)6-7-15(11)19-14-5-3-4-13(9-14)18-2/h3-9,17H,10H2,1-2H3. The van der Waals surface area contributed by atoms with Gasteiger partial charge in [0.2, 0.25) is 0 Å². The first kappa shape index (κ1) is 14.4. The zero-order valence-electron chi connectivity index (χ0n) is 10.9. The third-order valence-corrected chi connectivity index (χ3v) is 4.26. The van der Waals surface area contributed by atoms with Crippen LogP contribution >= 0.6 is 27.7 Å². The van der Waals surface area contributed by atoms with E-state index in [1.165, 1.54) is 15.4 Å². The smallest absolute Gasteiger partial charge is 0.119 e. The third kappa shape index (κ3) is 4.00. The molecule has 4 heteroatoms. The summed E-state index contributed by atoms with van der Waals surface area (Å²) in [6.45, 7) is 0.853. The molecule has 0 aliphatic heterocycles. The fraction of sp³-hybridized carbons (Fsp3) is 0.200. The number of benzene rings is 2. The Bertz CT molecular complexity index is 560. The van der Waals surface area contributed by atoms with E-state index < -0.39 is 0 Å². The largest absolute Gasteiger partial charge is 0.497 e. The molecule has 0 aliphatic rings. The van der Waals surface area contributed by atoms with E-state index in [2.05, 4.69) is 51.6 Å². The number of halogens is 1. The molecule has 0 unspecified atom stereocenters. The van der Waals surface area contributed by atoms with Gasteiger partial charge in [-0.15, -0.1) is 0 Å². The van der Waals surface area contributed by atoms with Crippen LogP contribution in [-0.2, 0) is 6.54 Å². The minimum atomic E-state index is 0.853. The summed E-state index contributed by atoms with van der Waals surface area (Å²) in [5.41, 5.74) is 1.28. The molecule has 0 saturated heterocycles. The van der Waals surface area contributed by atoms with Crippen LogP contribution in [0.1, 0.15) is 5.56 Å². The van der Waals surface area contributed by atoms with Crippen LogP contribution in [0.3, 0.4) is 0 Å². The topological polar surface area (TPSA) is 21.3 Å². The highest BCUT2D eigenvalue weighted by Crippen LogP contribution is 2.33. The minimum absolute atomic E-state index is 0.853. The van der Waals surface area contributed by atoms with Crippen molar-refractivity contribution in [3.05, 3.63) is 52.5 Å². The van der Waals surface area contributed by atoms with Gasteiger partial charge in [-0.05, 0) is 49.0 Å². The lowest BCUT2D eigenvalue weighted by atomic mass is 10.2. The summed E-state index contributed by atoms with van der Waals surface area (Å²) in [4.78, 5) is 2.44. The molecule has 0 heterocycles. The van der Waals surface area contributed by atoms with E-state index >= 15 is 0 Å². The van der Waals surface area contributed by atoms with Crippen LogP contribution in [0.5, 0.6) is 5.75 Å². The van der Waals surface area contributed by atoms with Crippen molar-refractivity contribution in [3.8, 4) is 5.75 Å². The number of nitrogens with one attached hydrogen (secondary N) is 1. The van der Waals surface area contributed by atoms with Gasteiger partial charge in [-0.25, -0.2) is 0 Å². The molecule has 0 radical (unpaired) electrons. The second kappa shape index (κ2) is 6.98. The molecule has 19 heavy (non-hydrogen) atoms. The first-order valence-electron chi connectivity index (χ1n) is 5.98. The highest BCUT2D eigenvalue weighted by atomic mass is 79.9. The van der Waals surface area contributed by atoms with Crippen molar-refractivity contribution < 1.29 is 4.74 Å². The number of rotatable bonds is 5. The molecule has 0 bridgehead atoms. The summed E-state index contributed by atoms with van der Waals surface area (Å²) in [6.07, 6.45) is 0. The first-order valence-corrected chi connectivity index (χ1v) is 7.59. The van der Waals surface area contributed by atoms with Gasteiger partial charge in [-0.3, -0.25) is 0 Å². The van der Waals surface area contributed by atoms with Crippen LogP contribution in [0.2, 0.25) is 0 Å². The fourth-order valence-corrected chi connectivity index (χ4v) is 3.15. The van der Waals surface area contributed by atoms with E-state index in [-0.39, 0.29) is 0 Å². The van der Waals surface area contributed by atoms with Crippen LogP contribution in [0, 0.1) is 0 Å². The van der Waals surface area contributed by atoms with E-state index in [9.17, 15) is 0 Å². The predicted octanol–water partition coefficient (Wildman–Crippen LogP) is 4.33. The average Bonchev–Trinajstić information content (AvgIpc) is 2.42. The van der Waals surface area contributed by atoms with Crippen molar-refractivity contribution in [1.82, 2.24) is 5.32 Å². The maximum absolute atomic E-state index is 5.26. The number of ether oxygens (including phenoxy) is 1. The average molecular weight is 338 g/mol. The van der Waals surface area contributed by atoms with Crippen molar-refractivity contribution in [1.29, 1.82) is 0 Å². The lowest BCUT2D eigenvalue weighted by Crippen LogP contribution is -2.06. The van der Waals surface area contributed by atoms with Gasteiger partial charge in [-0.2, -0.15) is 0 Å². The van der Waals surface area contributed by atoms with E-state index in [1.54, 1.807) is 18.9 Å². The first-order chi connectivity index (χ1) is 9.22. The molecule has 0 spiro atoms. The molecule has 1 N–H and O–H groups in total. The van der Waals surface area contributed by atoms with Crippen LogP contribution in [0.15, 0.2) is 56.7 Å². The Kier molecular flexibility index (Phi) is 5.31. The molecule has 2 aromatic rings. The summed E-state index contributed by atoms with van der Waals surface area (Å²) in [7, 11) is 3.65. The molecule has 0 fully saturated rings. The van der Waals surface area contributed by atoms with Crippen LogP contribution < -0.4 is 10.1 Å². The Morgan fingerprint density at radius 3 is 2.79 bits per heavy atom. The lowest BCUT2D eigenvalue weighted by Gasteiger charge is -2.10. The van der Waals surface area contributed by atoms with Crippen molar-refractivity contribution in [2.24, 2.45) is 0 Å². The molecule has 0 aliphatic carbocycles. The maximum Gasteiger partial charge on any atom is 0.119 e. The van der Waals surface area contributed by atoms with Crippen LogP contribution in [-0.4, -0.2) is 14.2 Å². The van der Waals surface area contributed by atoms with Crippen molar-refractivity contribution in [2.45, 2.75) is 16.3 Å². The summed E-state index contributed by atoms with van der Waals surface area (Å²) in [6, 6.07) is 14.5. The van der Waals surface area contributed by atoms with Gasteiger partial charge >= 0.3 is 0 Å². The van der Waals surface area contributed by atoms with Crippen molar-refractivity contribution in [3.63, 3.8) is 0 Å². The normalized spacial score (nSPS) is 10.5. The van der Waals surface area contributed by atoms with Gasteiger partial charge in [0.15, 0.2) is 0 Å². The summed E-state index contributed by atoms with van der Waals surface area (Å²) in [5, 5.41) is 3.20. The lowest BCUT2D eigenvalue weighted by molar-refractivity contribution is 0.413. The zero-order chi connectivity index (χ0) is 13.7. The molecule has 100 valence electrons. The molecule has 0 aromatic heterocycles. The second-order valence-corrected chi connectivity index (χ2v) is 6.09. The van der Waals surface area contributed by atoms with Gasteiger partial charge in [0.25, 0.3) is 0 Å². The van der Waals surface area contributed by atoms with Crippen molar-refractivity contribution >= 4 is 27.7 Å². The number of hydrogen-bond donors (Lipinski definition) is 1. The van der Waals surface area contributed by atoms with Crippen molar-refractivity contribution in [2.75, 3.05) is 14.2 Å². The van der Waals surface area contributed by atoms with Crippen LogP contribution in [0.4, 0.5) is 0 Å². The van der Waals surface area contributed by atoms with Gasteiger partial charge < -0.3 is 10.1 Å². The number of hydrogen-bond acceptors (Lipinski definition) is 3. The Hall–Kier alpha value is -0.970. The number of methoxy groups -OCH3 is 1. The Morgan fingerprint density at radius 2 is 2.05 bits per heavy atom. The van der Waals surface area contributed by atoms with Gasteiger partial charge in [-0.1, -0.05) is 33.8 Å². The second-order valence-electron chi connectivity index (χ2n) is 4.06. The van der Waals surface area contributed by atoms with E-state index in [0.29, 0.717) is 0 Å². The molecule has 0 saturated carbocycles. The molecule has 0 atom stereocenters. The predicted molar refractivity (Wildman–Crippen MR) is 84.0 cm³/mol. The van der Waals surface area contributed by atoms with Gasteiger partial charge in [0.05, 0.1) is 7.11 Å². The highest BCUT2D eigenvalue weighted by molar-refractivity contribution is 9.10. The summed E-state index contributed by atoms with van der Waals surface area (Å²) < 4.78 is 6.36. The Balaban J connectivity index is 2.26. The maximum atomic E-state index is 5.26. The molecular weight excluding hydrogens is 322 g/mol. The van der Waals surface area contributed by atoms with Crippen LogP contribution in [0.25, 0.3) is 0 Å². The Labute approximate surface area is 126 Å². The SMILES string of the molecule is CNCc1cc(Br)ccc1Sc1cccc(OC)c1. The fourth-order valence-electron chi connectivity index (χ4n) is 1.77. The molecule has 2 nitrogen and oxygen atoms in total. The summed E-state index contributed by atoms with van der Waals surface area (Å²) >= 11 is 5.27. The summed E-state index contributed by atoms with van der Waals surface area (Å²) in [5.74, 6) is 0.886. The molecule has 0 amide bonds. The Morgan fingerprint density at radius 1 is 1.21 bits per heavy atom. The molecular formula is C15H16BrNOS. The minimum Gasteiger partial charge on any atom is -0.497 e. The molecule has 2 aromatic carbocycles. The van der Waals surface area contributed by atoms with E-state index in [0.717, 1.165) is 16.8 Å². The molecule has 2 rings (SSSR count). The highest BCUT2D eigenvalue weighted by Gasteiger charge is 2.05. The van der Waals surface area contributed by atoms with Gasteiger partial charge in [0, 0.05) is 20.8 Å². The van der Waals surface area contributed by atoms with Gasteiger partial charge in [0.1, 0.15) is 5.75 Å². The quantitative estimate of drug-likeness (QED) is 0.877. The monoisotopic (exact) mass is 337 g/mol. The third-order valence-electron chi connectivity index (χ3n) is 2.66.